The number of fused-ring (bicyclic) bond motifs is 1. The Labute approximate surface area is 449 Å². The van der Waals surface area contributed by atoms with Crippen LogP contribution >= 0.6 is 0 Å². The molecule has 0 aliphatic heterocycles. The number of aromatic nitrogens is 3. The Kier molecular flexibility index (Phi) is 12.6. The van der Waals surface area contributed by atoms with Crippen LogP contribution in [-0.2, 0) is 53.6 Å². The van der Waals surface area contributed by atoms with E-state index in [1.54, 1.807) is 0 Å². The number of para-hydroxylation sites is 1. The summed E-state index contributed by atoms with van der Waals surface area (Å²) in [5, 5.41) is 15.4. The van der Waals surface area contributed by atoms with Gasteiger partial charge in [0.1, 0.15) is 11.6 Å². The van der Waals surface area contributed by atoms with Crippen molar-refractivity contribution in [3.05, 3.63) is 179 Å². The van der Waals surface area contributed by atoms with E-state index < -0.39 is 0 Å². The van der Waals surface area contributed by atoms with Crippen LogP contribution in [-0.4, -0.2) is 19.6 Å². The van der Waals surface area contributed by atoms with E-state index in [-0.39, 0.29) is 59.3 Å². The molecule has 9 aromatic rings. The zero-order chi connectivity index (χ0) is 51.7. The van der Waals surface area contributed by atoms with Crippen molar-refractivity contribution < 1.29 is 26.2 Å². The number of phenolic OH excluding ortho intramolecular Hbond substituents is 1. The number of phenols is 1. The van der Waals surface area contributed by atoms with E-state index in [0.717, 1.165) is 72.5 Å². The van der Waals surface area contributed by atoms with Crippen LogP contribution in [0.1, 0.15) is 144 Å². The Hall–Kier alpha value is -6.09. The van der Waals surface area contributed by atoms with Gasteiger partial charge in [-0.15, -0.1) is 29.3 Å². The van der Waals surface area contributed by atoms with E-state index >= 15 is 0 Å². The van der Waals surface area contributed by atoms with Crippen LogP contribution < -0.4 is 0 Å². The van der Waals surface area contributed by atoms with Gasteiger partial charge >= 0.3 is 0 Å². The molecule has 376 valence electrons. The predicted molar refractivity (Wildman–Crippen MR) is 305 cm³/mol. The number of rotatable bonds is 6. The van der Waals surface area contributed by atoms with Gasteiger partial charge in [0.25, 0.3) is 0 Å². The van der Waals surface area contributed by atoms with Crippen molar-refractivity contribution in [2.45, 2.75) is 143 Å². The molecule has 7 aromatic carbocycles. The Balaban J connectivity index is 0.00000656. The maximum absolute atomic E-state index is 12.8. The predicted octanol–water partition coefficient (Wildman–Crippen LogP) is 18.2. The Bertz CT molecular complexity index is 3620. The van der Waals surface area contributed by atoms with E-state index in [2.05, 4.69) is 255 Å². The average molecular weight is 1140 g/mol. The molecule has 5 heteroatoms. The summed E-state index contributed by atoms with van der Waals surface area (Å²) in [4.78, 5) is 10.8. The van der Waals surface area contributed by atoms with E-state index in [1.165, 1.54) is 33.0 Å². The van der Waals surface area contributed by atoms with Crippen molar-refractivity contribution in [3.63, 3.8) is 0 Å². The first-order valence-corrected chi connectivity index (χ1v) is 25.9. The third-order valence-corrected chi connectivity index (χ3v) is 16.2. The van der Waals surface area contributed by atoms with Crippen LogP contribution in [0.4, 0.5) is 0 Å². The Morgan fingerprint density at radius 3 is 1.81 bits per heavy atom. The molecule has 1 aliphatic rings. The molecule has 0 fully saturated rings. The smallest absolute Gasteiger partial charge is 0.148 e. The fourth-order valence-corrected chi connectivity index (χ4v) is 10.9. The zero-order valence-corrected chi connectivity index (χ0v) is 48.2. The fraction of sp³-hybridized carbons (Fsp3) is 0.324. The molecular formula is C68H72N3OPt-. The van der Waals surface area contributed by atoms with Gasteiger partial charge in [-0.1, -0.05) is 201 Å². The monoisotopic (exact) mass is 1140 g/mol. The molecule has 0 unspecified atom stereocenters. The molecule has 10 rings (SSSR count). The van der Waals surface area contributed by atoms with Crippen molar-refractivity contribution in [2.75, 3.05) is 0 Å². The third kappa shape index (κ3) is 8.90. The second-order valence-electron chi connectivity index (χ2n) is 25.8. The maximum atomic E-state index is 12.8. The van der Waals surface area contributed by atoms with Crippen molar-refractivity contribution in [3.8, 4) is 67.5 Å². The van der Waals surface area contributed by atoms with Gasteiger partial charge < -0.3 is 5.11 Å². The molecule has 2 aromatic heterocycles. The first-order valence-electron chi connectivity index (χ1n) is 25.9. The van der Waals surface area contributed by atoms with E-state index in [9.17, 15) is 5.11 Å². The van der Waals surface area contributed by atoms with Crippen molar-refractivity contribution >= 4 is 21.8 Å². The van der Waals surface area contributed by atoms with Crippen LogP contribution in [0.25, 0.3) is 83.5 Å². The van der Waals surface area contributed by atoms with Crippen molar-refractivity contribution in [1.82, 2.24) is 14.5 Å². The van der Waals surface area contributed by atoms with E-state index in [4.69, 9.17) is 9.97 Å². The number of benzene rings is 7. The second-order valence-corrected chi connectivity index (χ2v) is 25.8. The number of pyridine rings is 1. The van der Waals surface area contributed by atoms with E-state index in [0.29, 0.717) is 11.4 Å². The molecule has 0 radical (unpaired) electrons. The Morgan fingerprint density at radius 1 is 0.507 bits per heavy atom. The van der Waals surface area contributed by atoms with Crippen LogP contribution in [0, 0.1) is 6.07 Å². The minimum absolute atomic E-state index is 0. The minimum Gasteiger partial charge on any atom is -0.507 e. The van der Waals surface area contributed by atoms with Gasteiger partial charge in [0.15, 0.2) is 0 Å². The Morgan fingerprint density at radius 2 is 1.14 bits per heavy atom. The van der Waals surface area contributed by atoms with Gasteiger partial charge in [-0.3, -0.25) is 9.55 Å². The summed E-state index contributed by atoms with van der Waals surface area (Å²) < 4.78 is 2.34. The molecule has 0 atom stereocenters. The van der Waals surface area contributed by atoms with Crippen LogP contribution in [0.5, 0.6) is 5.75 Å². The molecule has 0 spiro atoms. The molecule has 1 N–H and O–H groups in total. The van der Waals surface area contributed by atoms with Gasteiger partial charge in [-0.05, 0) is 125 Å². The first-order chi connectivity index (χ1) is 33.6. The average Bonchev–Trinajstić information content (AvgIpc) is 3.77. The normalized spacial score (nSPS) is 14.5. The summed E-state index contributed by atoms with van der Waals surface area (Å²) >= 11 is 0. The quantitative estimate of drug-likeness (QED) is 0.169. The van der Waals surface area contributed by atoms with Crippen LogP contribution in [0.15, 0.2) is 140 Å². The number of nitrogens with zero attached hydrogens (tertiary/aromatic N) is 3. The summed E-state index contributed by atoms with van der Waals surface area (Å²) in [5.74, 6) is 0.944. The summed E-state index contributed by atoms with van der Waals surface area (Å²) in [6.45, 7) is 36.6. The fourth-order valence-electron chi connectivity index (χ4n) is 10.9. The number of hydrogen-bond acceptors (Lipinski definition) is 3. The third-order valence-electron chi connectivity index (χ3n) is 16.2. The molecule has 4 nitrogen and oxygen atoms in total. The minimum atomic E-state index is -0.348. The first kappa shape index (κ1) is 51.8. The van der Waals surface area contributed by atoms with E-state index in [1.807, 2.05) is 6.20 Å². The standard InChI is InChI=1S/C68H72N3O.Pt/c1-63(2,3)47-28-29-57(51(38-47)45-32-43-24-20-26-53-59(43)54(36-45)68(15,16)67(53,13)14)71-58-27-21-25-50(60(58)70-62(71)52-39-49(65(7,8)9)40-55(61(52)72)66(10,11)12)44-33-46(35-48(34-44)64(4,5)6)56-37-42(30-31-69-56)41-22-18-17-19-23-41;/h17-32,34-40,72H,1-16H3;/q-1;. The van der Waals surface area contributed by atoms with Crippen LogP contribution in [0.2, 0.25) is 0 Å². The SMILES string of the molecule is CC(C)(C)c1cc(-c2cc(-c3ccccc3)ccn2)[c-]c(-c2cccc3c2nc(-c2cc(C(C)(C)C)cc(C(C)(C)C)c2O)n3-c2ccc(C(C)(C)C)cc2-c2cc3c4c(cccc4c2)C(C)(C)C3(C)C)c1.[Pt]. The number of aromatic hydroxyl groups is 1. The molecule has 0 bridgehead atoms. The molecule has 0 amide bonds. The second kappa shape index (κ2) is 17.8. The molecule has 0 saturated carbocycles. The van der Waals surface area contributed by atoms with Gasteiger partial charge in [0.05, 0.1) is 22.3 Å². The summed E-state index contributed by atoms with van der Waals surface area (Å²) in [6.07, 6.45) is 1.90. The van der Waals surface area contributed by atoms with Gasteiger partial charge in [0, 0.05) is 44.1 Å². The summed E-state index contributed by atoms with van der Waals surface area (Å²) in [6, 6.07) is 52.8. The van der Waals surface area contributed by atoms with Gasteiger partial charge in [-0.2, -0.15) is 0 Å². The van der Waals surface area contributed by atoms with Crippen molar-refractivity contribution in [2.24, 2.45) is 0 Å². The molecule has 0 saturated heterocycles. The van der Waals surface area contributed by atoms with Crippen LogP contribution in [0.3, 0.4) is 0 Å². The van der Waals surface area contributed by atoms with Crippen molar-refractivity contribution in [1.29, 1.82) is 0 Å². The summed E-state index contributed by atoms with van der Waals surface area (Å²) in [5.41, 5.74) is 17.9. The number of hydrogen-bond donors (Lipinski definition) is 1. The largest absolute Gasteiger partial charge is 0.507 e. The maximum Gasteiger partial charge on any atom is 0.148 e. The number of imidazole rings is 1. The zero-order valence-electron chi connectivity index (χ0n) is 45.9. The molecular weight excluding hydrogens is 1070 g/mol. The van der Waals surface area contributed by atoms with Gasteiger partial charge in [0.2, 0.25) is 0 Å². The summed E-state index contributed by atoms with van der Waals surface area (Å²) in [7, 11) is 0. The molecule has 2 heterocycles. The molecule has 1 aliphatic carbocycles. The van der Waals surface area contributed by atoms with Gasteiger partial charge in [-0.25, -0.2) is 4.98 Å². The topological polar surface area (TPSA) is 50.9 Å². The molecule has 73 heavy (non-hydrogen) atoms.